The second-order valence-corrected chi connectivity index (χ2v) is 6.43. The maximum absolute atomic E-state index is 5.99. The van der Waals surface area contributed by atoms with Crippen molar-refractivity contribution in [2.45, 2.75) is 58.9 Å². The van der Waals surface area contributed by atoms with Gasteiger partial charge in [-0.1, -0.05) is 6.92 Å². The van der Waals surface area contributed by atoms with Gasteiger partial charge in [0.15, 0.2) is 0 Å². The summed E-state index contributed by atoms with van der Waals surface area (Å²) < 4.78 is 8.09. The molecule has 1 unspecified atom stereocenters. The van der Waals surface area contributed by atoms with Crippen molar-refractivity contribution in [1.82, 2.24) is 14.7 Å². The van der Waals surface area contributed by atoms with E-state index < -0.39 is 0 Å². The molecule has 0 aromatic carbocycles. The van der Waals surface area contributed by atoms with Gasteiger partial charge in [-0.3, -0.25) is 9.58 Å². The third-order valence-corrected chi connectivity index (χ3v) is 4.03. The van der Waals surface area contributed by atoms with Crippen molar-refractivity contribution in [2.75, 3.05) is 19.0 Å². The lowest BCUT2D eigenvalue weighted by Gasteiger charge is -2.42. The Hall–Kier alpha value is -0.580. The molecular weight excluding hydrogens is 274 g/mol. The molecule has 1 aliphatic heterocycles. The average molecular weight is 300 g/mol. The number of nitrogens with zero attached hydrogens (tertiary/aromatic N) is 3. The molecular formula is C15H26ClN3O. The second kappa shape index (κ2) is 6.46. The highest BCUT2D eigenvalue weighted by molar-refractivity contribution is 6.18. The number of ether oxygens (including phenoxy) is 1. The Bertz CT molecular complexity index is 444. The van der Waals surface area contributed by atoms with E-state index in [1.807, 2.05) is 0 Å². The van der Waals surface area contributed by atoms with Crippen LogP contribution in [0.4, 0.5) is 0 Å². The lowest BCUT2D eigenvalue weighted by atomic mass is 10.1. The fourth-order valence-electron chi connectivity index (χ4n) is 2.94. The molecule has 0 saturated carbocycles. The van der Waals surface area contributed by atoms with Crippen molar-refractivity contribution in [1.29, 1.82) is 0 Å². The zero-order chi connectivity index (χ0) is 14.8. The highest BCUT2D eigenvalue weighted by atomic mass is 35.5. The predicted molar refractivity (Wildman–Crippen MR) is 82.2 cm³/mol. The molecule has 4 nitrogen and oxygen atoms in total. The van der Waals surface area contributed by atoms with Crippen LogP contribution < -0.4 is 0 Å². The molecule has 0 radical (unpaired) electrons. The summed E-state index contributed by atoms with van der Waals surface area (Å²) >= 11 is 5.99. The number of aryl methyl sites for hydroxylation is 2. The number of hydrogen-bond acceptors (Lipinski definition) is 3. The number of rotatable bonds is 5. The normalized spacial score (nSPS) is 23.1. The van der Waals surface area contributed by atoms with Crippen LogP contribution in [0.5, 0.6) is 0 Å². The number of alkyl halides is 1. The Labute approximate surface area is 127 Å². The first-order valence-corrected chi connectivity index (χ1v) is 8.02. The standard InChI is InChI=1S/C15H26ClN3O/c1-5-12-7-13(19(6-2)17-12)9-18-10-14(8-16)20-15(3,4)11-18/h7,14H,5-6,8-11H2,1-4H3. The largest absolute Gasteiger partial charge is 0.368 e. The van der Waals surface area contributed by atoms with Gasteiger partial charge in [0, 0.05) is 32.1 Å². The number of hydrogen-bond donors (Lipinski definition) is 0. The van der Waals surface area contributed by atoms with Crippen molar-refractivity contribution < 1.29 is 4.74 Å². The van der Waals surface area contributed by atoms with Crippen LogP contribution in [0.2, 0.25) is 0 Å². The third-order valence-electron chi connectivity index (χ3n) is 3.69. The van der Waals surface area contributed by atoms with Crippen LogP contribution in [0.1, 0.15) is 39.1 Å². The first-order chi connectivity index (χ1) is 9.47. The van der Waals surface area contributed by atoms with E-state index >= 15 is 0 Å². The summed E-state index contributed by atoms with van der Waals surface area (Å²) in [5, 5.41) is 4.62. The van der Waals surface area contributed by atoms with Crippen LogP contribution in [-0.4, -0.2) is 45.4 Å². The van der Waals surface area contributed by atoms with E-state index in [-0.39, 0.29) is 11.7 Å². The van der Waals surface area contributed by atoms with Crippen molar-refractivity contribution in [3.8, 4) is 0 Å². The molecule has 2 heterocycles. The highest BCUT2D eigenvalue weighted by Gasteiger charge is 2.33. The van der Waals surface area contributed by atoms with Gasteiger partial charge in [0.2, 0.25) is 0 Å². The summed E-state index contributed by atoms with van der Waals surface area (Å²) in [4.78, 5) is 2.43. The van der Waals surface area contributed by atoms with Gasteiger partial charge in [-0.2, -0.15) is 5.10 Å². The summed E-state index contributed by atoms with van der Waals surface area (Å²) in [5.41, 5.74) is 2.32. The Morgan fingerprint density at radius 1 is 1.45 bits per heavy atom. The Kier molecular flexibility index (Phi) is 5.10. The molecule has 20 heavy (non-hydrogen) atoms. The molecule has 0 spiro atoms. The van der Waals surface area contributed by atoms with Gasteiger partial charge >= 0.3 is 0 Å². The van der Waals surface area contributed by atoms with Crippen molar-refractivity contribution >= 4 is 11.6 Å². The van der Waals surface area contributed by atoms with Crippen molar-refractivity contribution in [2.24, 2.45) is 0 Å². The maximum Gasteiger partial charge on any atom is 0.0845 e. The van der Waals surface area contributed by atoms with Gasteiger partial charge in [0.1, 0.15) is 0 Å². The first-order valence-electron chi connectivity index (χ1n) is 7.49. The first kappa shape index (κ1) is 15.8. The Balaban J connectivity index is 2.10. The molecule has 5 heteroatoms. The monoisotopic (exact) mass is 299 g/mol. The molecule has 0 aliphatic carbocycles. The SMILES string of the molecule is CCc1cc(CN2CC(CCl)OC(C)(C)C2)n(CC)n1. The lowest BCUT2D eigenvalue weighted by molar-refractivity contribution is -0.129. The summed E-state index contributed by atoms with van der Waals surface area (Å²) in [6, 6.07) is 2.22. The van der Waals surface area contributed by atoms with Crippen LogP contribution in [0.25, 0.3) is 0 Å². The Morgan fingerprint density at radius 2 is 2.20 bits per heavy atom. The molecule has 0 bridgehead atoms. The van der Waals surface area contributed by atoms with Gasteiger partial charge in [0.25, 0.3) is 0 Å². The summed E-state index contributed by atoms with van der Waals surface area (Å²) in [6.07, 6.45) is 1.10. The molecule has 1 fully saturated rings. The highest BCUT2D eigenvalue weighted by Crippen LogP contribution is 2.23. The average Bonchev–Trinajstić information content (AvgIpc) is 2.79. The molecule has 0 amide bonds. The van der Waals surface area contributed by atoms with Gasteiger partial charge in [0.05, 0.1) is 23.1 Å². The quantitative estimate of drug-likeness (QED) is 0.783. The van der Waals surface area contributed by atoms with E-state index in [9.17, 15) is 0 Å². The van der Waals surface area contributed by atoms with Crippen LogP contribution >= 0.6 is 11.6 Å². The Morgan fingerprint density at radius 3 is 2.80 bits per heavy atom. The minimum Gasteiger partial charge on any atom is -0.368 e. The fraction of sp³-hybridized carbons (Fsp3) is 0.800. The molecule has 2 rings (SSSR count). The third kappa shape index (κ3) is 3.74. The van der Waals surface area contributed by atoms with Gasteiger partial charge in [-0.15, -0.1) is 11.6 Å². The van der Waals surface area contributed by atoms with Crippen molar-refractivity contribution in [3.05, 3.63) is 17.5 Å². The van der Waals surface area contributed by atoms with E-state index in [1.54, 1.807) is 0 Å². The van der Waals surface area contributed by atoms with Crippen LogP contribution in [0.15, 0.2) is 6.07 Å². The summed E-state index contributed by atoms with van der Waals surface area (Å²) in [6.45, 7) is 12.2. The smallest absolute Gasteiger partial charge is 0.0845 e. The summed E-state index contributed by atoms with van der Waals surface area (Å²) in [7, 11) is 0. The zero-order valence-corrected chi connectivity index (χ0v) is 13.8. The second-order valence-electron chi connectivity index (χ2n) is 6.12. The molecule has 1 aromatic rings. The molecule has 1 aromatic heterocycles. The van der Waals surface area contributed by atoms with Crippen LogP contribution in [-0.2, 0) is 24.2 Å². The van der Waals surface area contributed by atoms with E-state index in [1.165, 1.54) is 11.4 Å². The van der Waals surface area contributed by atoms with Crippen LogP contribution in [0.3, 0.4) is 0 Å². The fourth-order valence-corrected chi connectivity index (χ4v) is 3.10. The zero-order valence-electron chi connectivity index (χ0n) is 13.0. The number of morpholine rings is 1. The van der Waals surface area contributed by atoms with E-state index in [0.29, 0.717) is 5.88 Å². The van der Waals surface area contributed by atoms with Gasteiger partial charge < -0.3 is 4.74 Å². The molecule has 1 atom stereocenters. The maximum atomic E-state index is 5.99. The molecule has 1 saturated heterocycles. The van der Waals surface area contributed by atoms with E-state index in [2.05, 4.69) is 48.4 Å². The van der Waals surface area contributed by atoms with Gasteiger partial charge in [-0.05, 0) is 33.3 Å². The minimum absolute atomic E-state index is 0.115. The summed E-state index contributed by atoms with van der Waals surface area (Å²) in [5.74, 6) is 0.549. The number of aromatic nitrogens is 2. The van der Waals surface area contributed by atoms with Gasteiger partial charge in [-0.25, -0.2) is 0 Å². The number of halogens is 1. The van der Waals surface area contributed by atoms with Crippen LogP contribution in [0, 0.1) is 0 Å². The van der Waals surface area contributed by atoms with E-state index in [4.69, 9.17) is 16.3 Å². The molecule has 1 aliphatic rings. The topological polar surface area (TPSA) is 30.3 Å². The molecule has 0 N–H and O–H groups in total. The lowest BCUT2D eigenvalue weighted by Crippen LogP contribution is -2.53. The minimum atomic E-state index is -0.136. The predicted octanol–water partition coefficient (Wildman–Crippen LogP) is 2.68. The van der Waals surface area contributed by atoms with E-state index in [0.717, 1.165) is 32.6 Å². The molecule has 114 valence electrons. The van der Waals surface area contributed by atoms with Crippen molar-refractivity contribution in [3.63, 3.8) is 0 Å².